The first-order valence-corrected chi connectivity index (χ1v) is 4.11. The fraction of sp³-hybridized carbons (Fsp3) is 1.00. The highest BCUT2D eigenvalue weighted by Gasteiger charge is 2.44. The molecule has 1 saturated carbocycles. The van der Waals surface area contributed by atoms with Gasteiger partial charge >= 0.3 is 0 Å². The Labute approximate surface area is 63.6 Å². The largest absolute Gasteiger partial charge is 0.318 e. The molecule has 10 heavy (non-hydrogen) atoms. The van der Waals surface area contributed by atoms with E-state index in [0.29, 0.717) is 5.54 Å². The number of likely N-dealkylation sites (N-methyl/N-ethyl adjacent to an activating group) is 2. The zero-order valence-corrected chi connectivity index (χ0v) is 7.28. The molecular formula is C8H18N2. The average Bonchev–Trinajstić information content (AvgIpc) is 2.69. The molecule has 0 aromatic rings. The van der Waals surface area contributed by atoms with E-state index in [-0.39, 0.29) is 0 Å². The van der Waals surface area contributed by atoms with Gasteiger partial charge in [-0.05, 0) is 33.5 Å². The minimum atomic E-state index is 0.531. The van der Waals surface area contributed by atoms with Crippen molar-refractivity contribution >= 4 is 0 Å². The minimum Gasteiger partial charge on any atom is -0.318 e. The number of nitrogens with one attached hydrogen (secondary N) is 1. The number of hydrogen-bond acceptors (Lipinski definition) is 2. The number of hydrogen-bond donors (Lipinski definition) is 1. The highest BCUT2D eigenvalue weighted by molar-refractivity contribution is 5.03. The van der Waals surface area contributed by atoms with E-state index in [4.69, 9.17) is 0 Å². The Kier molecular flexibility index (Phi) is 2.32. The summed E-state index contributed by atoms with van der Waals surface area (Å²) in [5.74, 6) is 0. The summed E-state index contributed by atoms with van der Waals surface area (Å²) < 4.78 is 0. The molecule has 0 heterocycles. The van der Waals surface area contributed by atoms with Crippen LogP contribution in [-0.2, 0) is 0 Å². The molecule has 1 aliphatic carbocycles. The van der Waals surface area contributed by atoms with Crippen molar-refractivity contribution in [1.82, 2.24) is 10.2 Å². The molecule has 0 atom stereocenters. The van der Waals surface area contributed by atoms with Crippen molar-refractivity contribution in [2.24, 2.45) is 0 Å². The third-order valence-corrected chi connectivity index (χ3v) is 2.62. The van der Waals surface area contributed by atoms with Gasteiger partial charge in [0.2, 0.25) is 0 Å². The van der Waals surface area contributed by atoms with E-state index in [9.17, 15) is 0 Å². The van der Waals surface area contributed by atoms with Gasteiger partial charge in [-0.15, -0.1) is 0 Å². The van der Waals surface area contributed by atoms with Crippen LogP contribution in [0.1, 0.15) is 19.8 Å². The maximum absolute atomic E-state index is 3.24. The fourth-order valence-corrected chi connectivity index (χ4v) is 1.50. The topological polar surface area (TPSA) is 15.3 Å². The van der Waals surface area contributed by atoms with Gasteiger partial charge in [0.25, 0.3) is 0 Å². The zero-order chi connectivity index (χ0) is 7.61. The second kappa shape index (κ2) is 2.89. The molecule has 0 aromatic carbocycles. The summed E-state index contributed by atoms with van der Waals surface area (Å²) in [6.45, 7) is 4.54. The quantitative estimate of drug-likeness (QED) is 0.621. The third-order valence-electron chi connectivity index (χ3n) is 2.62. The molecule has 0 bridgehead atoms. The van der Waals surface area contributed by atoms with Crippen molar-refractivity contribution in [1.29, 1.82) is 0 Å². The fourth-order valence-electron chi connectivity index (χ4n) is 1.50. The Hall–Kier alpha value is -0.0800. The SMILES string of the molecule is CCN(C)C1(CNC)CC1. The molecule has 1 rings (SSSR count). The summed E-state index contributed by atoms with van der Waals surface area (Å²) >= 11 is 0. The Morgan fingerprint density at radius 2 is 2.10 bits per heavy atom. The third kappa shape index (κ3) is 1.32. The summed E-state index contributed by atoms with van der Waals surface area (Å²) in [6, 6.07) is 0. The number of nitrogens with zero attached hydrogens (tertiary/aromatic N) is 1. The molecule has 0 spiro atoms. The van der Waals surface area contributed by atoms with E-state index in [1.165, 1.54) is 19.4 Å². The first kappa shape index (κ1) is 8.02. The van der Waals surface area contributed by atoms with Gasteiger partial charge in [0.1, 0.15) is 0 Å². The predicted octanol–water partition coefficient (Wildman–Crippen LogP) is 0.690. The Balaban J connectivity index is 2.35. The highest BCUT2D eigenvalue weighted by atomic mass is 15.2. The van der Waals surface area contributed by atoms with Crippen LogP contribution < -0.4 is 5.32 Å². The van der Waals surface area contributed by atoms with E-state index in [0.717, 1.165) is 6.54 Å². The monoisotopic (exact) mass is 142 g/mol. The first-order valence-electron chi connectivity index (χ1n) is 4.11. The molecule has 1 fully saturated rings. The van der Waals surface area contributed by atoms with Crippen LogP contribution in [0.3, 0.4) is 0 Å². The normalized spacial score (nSPS) is 21.6. The van der Waals surface area contributed by atoms with Crippen molar-refractivity contribution in [3.05, 3.63) is 0 Å². The van der Waals surface area contributed by atoms with Crippen molar-refractivity contribution in [3.8, 4) is 0 Å². The van der Waals surface area contributed by atoms with Crippen LogP contribution in [0.15, 0.2) is 0 Å². The highest BCUT2D eigenvalue weighted by Crippen LogP contribution is 2.39. The van der Waals surface area contributed by atoms with Crippen LogP contribution in [-0.4, -0.2) is 37.6 Å². The second-order valence-electron chi connectivity index (χ2n) is 3.27. The van der Waals surface area contributed by atoms with Gasteiger partial charge in [0.05, 0.1) is 0 Å². The molecule has 2 nitrogen and oxygen atoms in total. The van der Waals surface area contributed by atoms with Gasteiger partial charge in [-0.3, -0.25) is 4.90 Å². The molecule has 0 unspecified atom stereocenters. The molecule has 2 heteroatoms. The van der Waals surface area contributed by atoms with Gasteiger partial charge in [0.15, 0.2) is 0 Å². The maximum atomic E-state index is 3.24. The lowest BCUT2D eigenvalue weighted by Gasteiger charge is -2.26. The summed E-state index contributed by atoms with van der Waals surface area (Å²) in [6.07, 6.45) is 2.75. The van der Waals surface area contributed by atoms with Crippen molar-refractivity contribution in [3.63, 3.8) is 0 Å². The van der Waals surface area contributed by atoms with Gasteiger partial charge in [-0.2, -0.15) is 0 Å². The van der Waals surface area contributed by atoms with Crippen molar-refractivity contribution in [2.75, 3.05) is 27.2 Å². The maximum Gasteiger partial charge on any atom is 0.0332 e. The lowest BCUT2D eigenvalue weighted by atomic mass is 10.2. The smallest absolute Gasteiger partial charge is 0.0332 e. The Morgan fingerprint density at radius 1 is 1.50 bits per heavy atom. The molecule has 0 aliphatic heterocycles. The molecule has 1 aliphatic rings. The molecule has 60 valence electrons. The Morgan fingerprint density at radius 3 is 2.40 bits per heavy atom. The van der Waals surface area contributed by atoms with Crippen LogP contribution in [0, 0.1) is 0 Å². The minimum absolute atomic E-state index is 0.531. The lowest BCUT2D eigenvalue weighted by molar-refractivity contribution is 0.229. The van der Waals surface area contributed by atoms with E-state index in [2.05, 4.69) is 24.2 Å². The second-order valence-corrected chi connectivity index (χ2v) is 3.27. The van der Waals surface area contributed by atoms with E-state index >= 15 is 0 Å². The van der Waals surface area contributed by atoms with Crippen LogP contribution in [0.25, 0.3) is 0 Å². The first-order chi connectivity index (χ1) is 4.75. The standard InChI is InChI=1S/C8H18N2/c1-4-10(3)8(5-6-8)7-9-2/h9H,4-7H2,1-3H3. The van der Waals surface area contributed by atoms with Gasteiger partial charge < -0.3 is 5.32 Å². The summed E-state index contributed by atoms with van der Waals surface area (Å²) in [5, 5.41) is 3.24. The molecule has 0 amide bonds. The summed E-state index contributed by atoms with van der Waals surface area (Å²) in [5.41, 5.74) is 0.531. The molecule has 0 aromatic heterocycles. The van der Waals surface area contributed by atoms with Crippen LogP contribution in [0.2, 0.25) is 0 Å². The van der Waals surface area contributed by atoms with Crippen LogP contribution >= 0.6 is 0 Å². The molecule has 0 saturated heterocycles. The van der Waals surface area contributed by atoms with Gasteiger partial charge in [0, 0.05) is 12.1 Å². The van der Waals surface area contributed by atoms with Crippen molar-refractivity contribution < 1.29 is 0 Å². The molecular weight excluding hydrogens is 124 g/mol. The molecule has 1 N–H and O–H groups in total. The summed E-state index contributed by atoms with van der Waals surface area (Å²) in [4.78, 5) is 2.45. The lowest BCUT2D eigenvalue weighted by Crippen LogP contribution is -2.41. The van der Waals surface area contributed by atoms with Gasteiger partial charge in [-0.25, -0.2) is 0 Å². The van der Waals surface area contributed by atoms with Gasteiger partial charge in [-0.1, -0.05) is 6.92 Å². The Bertz CT molecular complexity index is 108. The van der Waals surface area contributed by atoms with Crippen LogP contribution in [0.5, 0.6) is 0 Å². The molecule has 0 radical (unpaired) electrons. The van der Waals surface area contributed by atoms with Crippen molar-refractivity contribution in [2.45, 2.75) is 25.3 Å². The summed E-state index contributed by atoms with van der Waals surface area (Å²) in [7, 11) is 4.24. The van der Waals surface area contributed by atoms with E-state index in [1.807, 2.05) is 7.05 Å². The zero-order valence-electron chi connectivity index (χ0n) is 7.28. The van der Waals surface area contributed by atoms with E-state index < -0.39 is 0 Å². The number of rotatable bonds is 4. The predicted molar refractivity (Wildman–Crippen MR) is 44.2 cm³/mol. The van der Waals surface area contributed by atoms with E-state index in [1.54, 1.807) is 0 Å². The average molecular weight is 142 g/mol. The van der Waals surface area contributed by atoms with Crippen LogP contribution in [0.4, 0.5) is 0 Å².